The van der Waals surface area contributed by atoms with Crippen LogP contribution in [0.1, 0.15) is 39.4 Å². The molecule has 1 heterocycles. The Bertz CT molecular complexity index is 387. The van der Waals surface area contributed by atoms with E-state index in [4.69, 9.17) is 4.74 Å². The normalized spacial score (nSPS) is 11.7. The number of carboxylic acid groups (broad SMARTS) is 1. The summed E-state index contributed by atoms with van der Waals surface area (Å²) in [5, 5.41) is 20.8. The second-order valence-electron chi connectivity index (χ2n) is 4.00. The van der Waals surface area contributed by atoms with Crippen LogP contribution < -0.4 is 0 Å². The van der Waals surface area contributed by atoms with Crippen molar-refractivity contribution in [2.45, 2.75) is 45.6 Å². The van der Waals surface area contributed by atoms with Crippen LogP contribution >= 0.6 is 0 Å². The largest absolute Gasteiger partial charge is 0.479 e. The molecular formula is C11H20N4O3. The lowest BCUT2D eigenvalue weighted by molar-refractivity contribution is -0.149. The molecule has 0 saturated heterocycles. The number of rotatable bonds is 8. The van der Waals surface area contributed by atoms with Crippen molar-refractivity contribution in [2.75, 3.05) is 13.2 Å². The van der Waals surface area contributed by atoms with Crippen LogP contribution in [0.4, 0.5) is 0 Å². The average Bonchev–Trinajstić information content (AvgIpc) is 2.81. The molecule has 1 N–H and O–H groups in total. The first kappa shape index (κ1) is 14.6. The van der Waals surface area contributed by atoms with Gasteiger partial charge in [0.2, 0.25) is 0 Å². The lowest BCUT2D eigenvalue weighted by Gasteiger charge is -2.27. The Morgan fingerprint density at radius 3 is 2.56 bits per heavy atom. The van der Waals surface area contributed by atoms with Crippen molar-refractivity contribution in [2.24, 2.45) is 0 Å². The van der Waals surface area contributed by atoms with Crippen molar-refractivity contribution in [3.8, 4) is 0 Å². The SMILES string of the molecule is CCOCCc1nnnn1C(CC)(CC)C(=O)O. The van der Waals surface area contributed by atoms with E-state index >= 15 is 0 Å². The molecule has 1 aromatic rings. The van der Waals surface area contributed by atoms with Gasteiger partial charge >= 0.3 is 5.97 Å². The van der Waals surface area contributed by atoms with Crippen molar-refractivity contribution < 1.29 is 14.6 Å². The molecule has 0 unspecified atom stereocenters. The molecule has 0 amide bonds. The molecule has 7 nitrogen and oxygen atoms in total. The van der Waals surface area contributed by atoms with Crippen LogP contribution in [0, 0.1) is 0 Å². The number of aromatic nitrogens is 4. The van der Waals surface area contributed by atoms with Gasteiger partial charge in [0.25, 0.3) is 0 Å². The molecule has 18 heavy (non-hydrogen) atoms. The van der Waals surface area contributed by atoms with Crippen molar-refractivity contribution in [1.82, 2.24) is 20.2 Å². The molecule has 0 aromatic carbocycles. The maximum absolute atomic E-state index is 11.5. The molecule has 0 atom stereocenters. The van der Waals surface area contributed by atoms with Gasteiger partial charge in [0, 0.05) is 13.0 Å². The minimum atomic E-state index is -1.06. The number of nitrogens with zero attached hydrogens (tertiary/aromatic N) is 4. The highest BCUT2D eigenvalue weighted by atomic mass is 16.5. The van der Waals surface area contributed by atoms with E-state index in [-0.39, 0.29) is 0 Å². The Morgan fingerprint density at radius 2 is 2.06 bits per heavy atom. The molecule has 102 valence electrons. The second kappa shape index (κ2) is 6.44. The number of carbonyl (C=O) groups is 1. The first-order chi connectivity index (χ1) is 8.62. The molecule has 0 aliphatic heterocycles. The smallest absolute Gasteiger partial charge is 0.331 e. The van der Waals surface area contributed by atoms with E-state index in [1.165, 1.54) is 4.68 Å². The summed E-state index contributed by atoms with van der Waals surface area (Å²) in [6, 6.07) is 0. The number of hydrogen-bond acceptors (Lipinski definition) is 5. The topological polar surface area (TPSA) is 90.1 Å². The molecule has 1 rings (SSSR count). The zero-order valence-corrected chi connectivity index (χ0v) is 11.1. The van der Waals surface area contributed by atoms with Gasteiger partial charge in [0.15, 0.2) is 11.4 Å². The minimum Gasteiger partial charge on any atom is -0.479 e. The first-order valence-corrected chi connectivity index (χ1v) is 6.21. The summed E-state index contributed by atoms with van der Waals surface area (Å²) in [7, 11) is 0. The van der Waals surface area contributed by atoms with Crippen molar-refractivity contribution in [1.29, 1.82) is 0 Å². The van der Waals surface area contributed by atoms with Gasteiger partial charge in [-0.15, -0.1) is 5.10 Å². The predicted octanol–water partition coefficient (Wildman–Crippen LogP) is 0.852. The fourth-order valence-corrected chi connectivity index (χ4v) is 1.94. The van der Waals surface area contributed by atoms with Gasteiger partial charge in [0.05, 0.1) is 6.61 Å². The van der Waals surface area contributed by atoms with E-state index in [2.05, 4.69) is 15.5 Å². The van der Waals surface area contributed by atoms with E-state index in [1.807, 2.05) is 20.8 Å². The fraction of sp³-hybridized carbons (Fsp3) is 0.818. The highest BCUT2D eigenvalue weighted by Crippen LogP contribution is 2.25. The van der Waals surface area contributed by atoms with E-state index in [0.29, 0.717) is 38.3 Å². The summed E-state index contributed by atoms with van der Waals surface area (Å²) >= 11 is 0. The second-order valence-corrected chi connectivity index (χ2v) is 4.00. The maximum Gasteiger partial charge on any atom is 0.331 e. The zero-order chi connectivity index (χ0) is 13.6. The van der Waals surface area contributed by atoms with E-state index in [0.717, 1.165) is 0 Å². The van der Waals surface area contributed by atoms with Crippen LogP contribution in [-0.2, 0) is 21.5 Å². The van der Waals surface area contributed by atoms with Crippen LogP contribution in [0.2, 0.25) is 0 Å². The molecule has 0 spiro atoms. The fourth-order valence-electron chi connectivity index (χ4n) is 1.94. The molecule has 0 aliphatic carbocycles. The lowest BCUT2D eigenvalue weighted by Crippen LogP contribution is -2.43. The third-order valence-corrected chi connectivity index (χ3v) is 3.18. The van der Waals surface area contributed by atoms with Crippen molar-refractivity contribution >= 4 is 5.97 Å². The zero-order valence-electron chi connectivity index (χ0n) is 11.1. The van der Waals surface area contributed by atoms with Crippen molar-refractivity contribution in [3.05, 3.63) is 5.82 Å². The molecular weight excluding hydrogens is 236 g/mol. The molecule has 0 radical (unpaired) electrons. The van der Waals surface area contributed by atoms with Gasteiger partial charge < -0.3 is 9.84 Å². The Morgan fingerprint density at radius 1 is 1.39 bits per heavy atom. The summed E-state index contributed by atoms with van der Waals surface area (Å²) in [6.07, 6.45) is 1.38. The predicted molar refractivity (Wildman–Crippen MR) is 64.2 cm³/mol. The molecule has 0 fully saturated rings. The number of aliphatic carboxylic acids is 1. The summed E-state index contributed by atoms with van der Waals surface area (Å²) < 4.78 is 6.67. The minimum absolute atomic E-state index is 0.436. The Kier molecular flexibility index (Phi) is 5.21. The third kappa shape index (κ3) is 2.66. The Hall–Kier alpha value is -1.50. The maximum atomic E-state index is 11.5. The Balaban J connectivity index is 2.99. The van der Waals surface area contributed by atoms with Gasteiger partial charge in [-0.3, -0.25) is 0 Å². The standard InChI is InChI=1S/C11H20N4O3/c1-4-11(5-2,10(16)17)15-9(12-13-14-15)7-8-18-6-3/h4-8H2,1-3H3,(H,16,17). The van der Waals surface area contributed by atoms with Crippen LogP contribution in [0.3, 0.4) is 0 Å². The van der Waals surface area contributed by atoms with Gasteiger partial charge in [-0.05, 0) is 30.2 Å². The molecule has 0 bridgehead atoms. The first-order valence-electron chi connectivity index (χ1n) is 6.21. The summed E-state index contributed by atoms with van der Waals surface area (Å²) in [6.45, 7) is 6.66. The lowest BCUT2D eigenvalue weighted by atomic mass is 9.93. The monoisotopic (exact) mass is 256 g/mol. The average molecular weight is 256 g/mol. The van der Waals surface area contributed by atoms with Gasteiger partial charge in [-0.2, -0.15) is 0 Å². The van der Waals surface area contributed by atoms with Gasteiger partial charge in [-0.25, -0.2) is 9.48 Å². The van der Waals surface area contributed by atoms with Crippen LogP contribution in [0.5, 0.6) is 0 Å². The van der Waals surface area contributed by atoms with E-state index in [9.17, 15) is 9.90 Å². The summed E-state index contributed by atoms with van der Waals surface area (Å²) in [5.74, 6) is -0.355. The molecule has 1 aromatic heterocycles. The van der Waals surface area contributed by atoms with Gasteiger partial charge in [0.1, 0.15) is 0 Å². The molecule has 0 aliphatic rings. The quantitative estimate of drug-likeness (QED) is 0.693. The number of tetrazole rings is 1. The highest BCUT2D eigenvalue weighted by molar-refractivity contribution is 5.76. The van der Waals surface area contributed by atoms with Crippen molar-refractivity contribution in [3.63, 3.8) is 0 Å². The van der Waals surface area contributed by atoms with Crippen LogP contribution in [0.15, 0.2) is 0 Å². The number of carboxylic acids is 1. The highest BCUT2D eigenvalue weighted by Gasteiger charge is 2.40. The van der Waals surface area contributed by atoms with Gasteiger partial charge in [-0.1, -0.05) is 13.8 Å². The summed E-state index contributed by atoms with van der Waals surface area (Å²) in [4.78, 5) is 11.5. The number of hydrogen-bond donors (Lipinski definition) is 1. The molecule has 7 heteroatoms. The Labute approximate surface area is 106 Å². The third-order valence-electron chi connectivity index (χ3n) is 3.18. The number of ether oxygens (including phenoxy) is 1. The van der Waals surface area contributed by atoms with E-state index in [1.54, 1.807) is 0 Å². The van der Waals surface area contributed by atoms with Crippen LogP contribution in [0.25, 0.3) is 0 Å². The van der Waals surface area contributed by atoms with E-state index < -0.39 is 11.5 Å². The molecule has 0 saturated carbocycles. The summed E-state index contributed by atoms with van der Waals surface area (Å²) in [5.41, 5.74) is -1.06. The van der Waals surface area contributed by atoms with Crippen LogP contribution in [-0.4, -0.2) is 44.5 Å².